The van der Waals surface area contributed by atoms with Gasteiger partial charge in [0.2, 0.25) is 0 Å². The van der Waals surface area contributed by atoms with Crippen LogP contribution in [0.4, 0.5) is 11.5 Å². The third kappa shape index (κ3) is 3.49. The summed E-state index contributed by atoms with van der Waals surface area (Å²) < 4.78 is 0. The molecule has 1 N–H and O–H groups in total. The van der Waals surface area contributed by atoms with E-state index in [9.17, 15) is 0 Å². The van der Waals surface area contributed by atoms with Crippen LogP contribution >= 0.6 is 35.0 Å². The first-order chi connectivity index (χ1) is 8.17. The zero-order chi connectivity index (χ0) is 12.3. The highest BCUT2D eigenvalue weighted by atomic mass is 35.5. The quantitative estimate of drug-likeness (QED) is 0.520. The van der Waals surface area contributed by atoms with Crippen molar-refractivity contribution in [3.8, 4) is 0 Å². The number of hydrogen-bond acceptors (Lipinski definition) is 4. The second-order valence-electron chi connectivity index (χ2n) is 3.19. The van der Waals surface area contributed by atoms with Crippen LogP contribution in [0.25, 0.3) is 0 Å². The number of aromatic nitrogens is 2. The molecule has 0 aliphatic rings. The predicted molar refractivity (Wildman–Crippen MR) is 73.6 cm³/mol. The predicted octanol–water partition coefficient (Wildman–Crippen LogP) is 4.25. The highest BCUT2D eigenvalue weighted by molar-refractivity contribution is 7.98. The Hall–Kier alpha value is -0.970. The van der Waals surface area contributed by atoms with Gasteiger partial charge in [0.15, 0.2) is 5.16 Å². The van der Waals surface area contributed by atoms with Crippen molar-refractivity contribution in [1.82, 2.24) is 9.97 Å². The lowest BCUT2D eigenvalue weighted by Gasteiger charge is -2.06. The molecule has 0 aliphatic carbocycles. The highest BCUT2D eigenvalue weighted by Crippen LogP contribution is 2.21. The molecule has 0 fully saturated rings. The van der Waals surface area contributed by atoms with E-state index in [0.29, 0.717) is 21.2 Å². The van der Waals surface area contributed by atoms with Crippen molar-refractivity contribution in [3.63, 3.8) is 0 Å². The van der Waals surface area contributed by atoms with Crippen LogP contribution in [0.3, 0.4) is 0 Å². The molecule has 0 spiro atoms. The topological polar surface area (TPSA) is 37.8 Å². The average molecular weight is 286 g/mol. The summed E-state index contributed by atoms with van der Waals surface area (Å²) in [5.74, 6) is 0.664. The molecule has 0 bridgehead atoms. The lowest BCUT2D eigenvalue weighted by molar-refractivity contribution is 0.976. The molecule has 0 radical (unpaired) electrons. The fraction of sp³-hybridized carbons (Fsp3) is 0.0909. The molecule has 1 heterocycles. The van der Waals surface area contributed by atoms with Gasteiger partial charge >= 0.3 is 0 Å². The third-order valence-electron chi connectivity index (χ3n) is 1.97. The Labute approximate surface area is 114 Å². The summed E-state index contributed by atoms with van der Waals surface area (Å²) in [4.78, 5) is 8.36. The molecule has 2 aromatic rings. The van der Waals surface area contributed by atoms with Gasteiger partial charge in [0.1, 0.15) is 11.0 Å². The number of benzene rings is 1. The lowest BCUT2D eigenvalue weighted by Crippen LogP contribution is -1.96. The SMILES string of the molecule is CSc1nc(Cl)cc(Nc2ccc(Cl)cc2)n1. The second kappa shape index (κ2) is 5.58. The molecule has 6 heteroatoms. The third-order valence-corrected chi connectivity index (χ3v) is 2.97. The number of nitrogens with one attached hydrogen (secondary N) is 1. The van der Waals surface area contributed by atoms with E-state index in [1.165, 1.54) is 11.8 Å². The van der Waals surface area contributed by atoms with E-state index >= 15 is 0 Å². The summed E-state index contributed by atoms with van der Waals surface area (Å²) in [5.41, 5.74) is 0.899. The van der Waals surface area contributed by atoms with Crippen molar-refractivity contribution >= 4 is 46.5 Å². The Kier molecular flexibility index (Phi) is 4.10. The van der Waals surface area contributed by atoms with Gasteiger partial charge in [0.05, 0.1) is 0 Å². The van der Waals surface area contributed by atoms with Gasteiger partial charge in [-0.05, 0) is 30.5 Å². The minimum Gasteiger partial charge on any atom is -0.340 e. The number of anilines is 2. The summed E-state index contributed by atoms with van der Waals surface area (Å²) in [5, 5.41) is 4.89. The molecule has 88 valence electrons. The van der Waals surface area contributed by atoms with Gasteiger partial charge in [-0.1, -0.05) is 35.0 Å². The van der Waals surface area contributed by atoms with Crippen LogP contribution in [0.1, 0.15) is 0 Å². The number of hydrogen-bond donors (Lipinski definition) is 1. The summed E-state index contributed by atoms with van der Waals surface area (Å²) in [6.07, 6.45) is 1.90. The van der Waals surface area contributed by atoms with E-state index in [1.807, 2.05) is 30.5 Å². The van der Waals surface area contributed by atoms with Crippen LogP contribution in [-0.4, -0.2) is 16.2 Å². The van der Waals surface area contributed by atoms with E-state index in [4.69, 9.17) is 23.2 Å². The highest BCUT2D eigenvalue weighted by Gasteiger charge is 2.02. The molecular weight excluding hydrogens is 277 g/mol. The van der Waals surface area contributed by atoms with Crippen LogP contribution in [0.15, 0.2) is 35.5 Å². The van der Waals surface area contributed by atoms with Crippen LogP contribution in [-0.2, 0) is 0 Å². The molecule has 17 heavy (non-hydrogen) atoms. The van der Waals surface area contributed by atoms with E-state index in [-0.39, 0.29) is 0 Å². The van der Waals surface area contributed by atoms with Crippen molar-refractivity contribution in [2.24, 2.45) is 0 Å². The van der Waals surface area contributed by atoms with E-state index < -0.39 is 0 Å². The van der Waals surface area contributed by atoms with Crippen LogP contribution < -0.4 is 5.32 Å². The second-order valence-corrected chi connectivity index (χ2v) is 4.79. The molecule has 0 saturated carbocycles. The molecule has 3 nitrogen and oxygen atoms in total. The van der Waals surface area contributed by atoms with Gasteiger partial charge in [0.25, 0.3) is 0 Å². The maximum atomic E-state index is 5.89. The minimum atomic E-state index is 0.417. The van der Waals surface area contributed by atoms with Crippen molar-refractivity contribution in [2.75, 3.05) is 11.6 Å². The van der Waals surface area contributed by atoms with E-state index in [2.05, 4.69) is 15.3 Å². The Morgan fingerprint density at radius 2 is 1.82 bits per heavy atom. The first-order valence-electron chi connectivity index (χ1n) is 4.78. The largest absolute Gasteiger partial charge is 0.340 e. The number of halogens is 2. The fourth-order valence-corrected chi connectivity index (χ4v) is 1.97. The summed E-state index contributed by atoms with van der Waals surface area (Å²) in [7, 11) is 0. The number of rotatable bonds is 3. The van der Waals surface area contributed by atoms with Gasteiger partial charge in [-0.2, -0.15) is 0 Å². The van der Waals surface area contributed by atoms with Gasteiger partial charge < -0.3 is 5.32 Å². The molecule has 1 aromatic carbocycles. The summed E-state index contributed by atoms with van der Waals surface area (Å²) in [6, 6.07) is 9.04. The smallest absolute Gasteiger partial charge is 0.190 e. The average Bonchev–Trinajstić information content (AvgIpc) is 2.31. The van der Waals surface area contributed by atoms with Crippen molar-refractivity contribution < 1.29 is 0 Å². The van der Waals surface area contributed by atoms with Crippen LogP contribution in [0, 0.1) is 0 Å². The van der Waals surface area contributed by atoms with Gasteiger partial charge in [0, 0.05) is 16.8 Å². The fourth-order valence-electron chi connectivity index (χ4n) is 1.23. The molecule has 0 saturated heterocycles. The molecular formula is C11H9Cl2N3S. The van der Waals surface area contributed by atoms with Crippen LogP contribution in [0.2, 0.25) is 10.2 Å². The molecule has 0 aliphatic heterocycles. The standard InChI is InChI=1S/C11H9Cl2N3S/c1-17-11-15-9(13)6-10(16-11)14-8-4-2-7(12)3-5-8/h2-6H,1H3,(H,14,15,16). The van der Waals surface area contributed by atoms with Gasteiger partial charge in [-0.3, -0.25) is 0 Å². The first kappa shape index (κ1) is 12.5. The Morgan fingerprint density at radius 1 is 1.12 bits per heavy atom. The Bertz CT molecular complexity index is 517. The zero-order valence-electron chi connectivity index (χ0n) is 8.95. The van der Waals surface area contributed by atoms with Crippen LogP contribution in [0.5, 0.6) is 0 Å². The normalized spacial score (nSPS) is 10.3. The molecule has 1 aromatic heterocycles. The Morgan fingerprint density at radius 3 is 2.47 bits per heavy atom. The molecule has 0 unspecified atom stereocenters. The zero-order valence-corrected chi connectivity index (χ0v) is 11.3. The molecule has 0 amide bonds. The molecule has 0 atom stereocenters. The number of thioether (sulfide) groups is 1. The number of nitrogens with zero attached hydrogens (tertiary/aromatic N) is 2. The van der Waals surface area contributed by atoms with E-state index in [1.54, 1.807) is 6.07 Å². The van der Waals surface area contributed by atoms with Crippen molar-refractivity contribution in [3.05, 3.63) is 40.5 Å². The first-order valence-corrected chi connectivity index (χ1v) is 6.76. The maximum Gasteiger partial charge on any atom is 0.190 e. The summed E-state index contributed by atoms with van der Waals surface area (Å²) >= 11 is 13.1. The minimum absolute atomic E-state index is 0.417. The van der Waals surface area contributed by atoms with Crippen molar-refractivity contribution in [1.29, 1.82) is 0 Å². The van der Waals surface area contributed by atoms with Gasteiger partial charge in [-0.15, -0.1) is 0 Å². The molecule has 2 rings (SSSR count). The lowest BCUT2D eigenvalue weighted by atomic mass is 10.3. The van der Waals surface area contributed by atoms with Gasteiger partial charge in [-0.25, -0.2) is 9.97 Å². The van der Waals surface area contributed by atoms with E-state index in [0.717, 1.165) is 5.69 Å². The maximum absolute atomic E-state index is 5.89. The Balaban J connectivity index is 2.23. The van der Waals surface area contributed by atoms with Crippen molar-refractivity contribution in [2.45, 2.75) is 5.16 Å². The summed E-state index contributed by atoms with van der Waals surface area (Å²) in [6.45, 7) is 0. The monoisotopic (exact) mass is 285 g/mol.